The van der Waals surface area contributed by atoms with Crippen molar-refractivity contribution in [2.24, 2.45) is 22.7 Å². The number of methoxy groups -OCH3 is 1. The highest BCUT2D eigenvalue weighted by Crippen LogP contribution is 2.63. The minimum Gasteiger partial charge on any atom is -0.458 e. The smallest absolute Gasteiger partial charge is 0.336 e. The van der Waals surface area contributed by atoms with Crippen LogP contribution in [0.4, 0.5) is 0 Å². The molecule has 4 rings (SSSR count). The van der Waals surface area contributed by atoms with E-state index in [0.717, 1.165) is 0 Å². The maximum absolute atomic E-state index is 13.9. The number of ketones is 2. The second-order valence-corrected chi connectivity index (χ2v) is 11.4. The number of likely N-dealkylation sites (N-methyl/N-ethyl adjacent to an activating group) is 1. The quantitative estimate of drug-likeness (QED) is 0.227. The first-order valence-corrected chi connectivity index (χ1v) is 12.9. The molecule has 0 aromatic rings. The lowest BCUT2D eigenvalue weighted by Crippen LogP contribution is -2.63. The molecule has 0 spiro atoms. The highest BCUT2D eigenvalue weighted by molar-refractivity contribution is 6.47. The molecule has 210 valence electrons. The van der Waals surface area contributed by atoms with Crippen molar-refractivity contribution in [3.8, 4) is 0 Å². The third-order valence-electron chi connectivity index (χ3n) is 8.94. The Labute approximate surface area is 221 Å². The molecule has 0 aromatic carbocycles. The summed E-state index contributed by atoms with van der Waals surface area (Å²) in [6.07, 6.45) is -1.20. The van der Waals surface area contributed by atoms with Crippen LogP contribution in [0.2, 0.25) is 0 Å². The number of ether oxygens (including phenoxy) is 3. The van der Waals surface area contributed by atoms with Gasteiger partial charge in [0.1, 0.15) is 12.2 Å². The molecule has 4 aliphatic rings. The summed E-state index contributed by atoms with van der Waals surface area (Å²) in [5.74, 6) is -4.59. The summed E-state index contributed by atoms with van der Waals surface area (Å²) in [4.78, 5) is 54.7. The Balaban J connectivity index is 1.96. The van der Waals surface area contributed by atoms with Gasteiger partial charge in [0.2, 0.25) is 11.6 Å². The molecule has 3 aliphatic carbocycles. The maximum atomic E-state index is 13.9. The zero-order valence-electron chi connectivity index (χ0n) is 22.4. The number of esters is 2. The molecule has 8 unspecified atom stereocenters. The molecule has 1 saturated carbocycles. The van der Waals surface area contributed by atoms with E-state index in [4.69, 9.17) is 14.2 Å². The van der Waals surface area contributed by atoms with Crippen LogP contribution in [0.25, 0.3) is 0 Å². The lowest BCUT2D eigenvalue weighted by atomic mass is 9.50. The standard InChI is InChI=1S/C27H37NO10/c1-13(30)37-17-8-26(2)16(6-7-18(26)32)20-22(17)27(3)19(12-36-5)38-25(35)15(21(27)24(34)23(20)33)10-28(4)9-14(31)11-29/h10,14,16-19,21,29,31-32H,6-9,11-12H2,1-5H3. The molecule has 1 heterocycles. The summed E-state index contributed by atoms with van der Waals surface area (Å²) in [6.45, 7) is 4.23. The van der Waals surface area contributed by atoms with Crippen LogP contribution in [0.5, 0.6) is 0 Å². The normalized spacial score (nSPS) is 38.4. The lowest BCUT2D eigenvalue weighted by molar-refractivity contribution is -0.175. The number of allylic oxidation sites excluding steroid dienone is 1. The number of Topliss-reactive ketones (excluding diaryl/α,β-unsaturated/α-hetero) is 2. The van der Waals surface area contributed by atoms with Crippen molar-refractivity contribution in [1.82, 2.24) is 4.90 Å². The van der Waals surface area contributed by atoms with Gasteiger partial charge >= 0.3 is 11.9 Å². The fraction of sp³-hybridized carbons (Fsp3) is 0.704. The van der Waals surface area contributed by atoms with Gasteiger partial charge < -0.3 is 34.4 Å². The Kier molecular flexibility index (Phi) is 7.61. The third kappa shape index (κ3) is 4.29. The van der Waals surface area contributed by atoms with Gasteiger partial charge in [-0.3, -0.25) is 14.4 Å². The number of cyclic esters (lactones) is 1. The van der Waals surface area contributed by atoms with Crippen molar-refractivity contribution in [3.63, 3.8) is 0 Å². The molecular weight excluding hydrogens is 498 g/mol. The Morgan fingerprint density at radius 2 is 1.95 bits per heavy atom. The Morgan fingerprint density at radius 1 is 1.26 bits per heavy atom. The van der Waals surface area contributed by atoms with Gasteiger partial charge in [0.15, 0.2) is 0 Å². The van der Waals surface area contributed by atoms with E-state index >= 15 is 0 Å². The molecule has 0 aromatic heterocycles. The average molecular weight is 536 g/mol. The number of nitrogens with zero attached hydrogens (tertiary/aromatic N) is 1. The summed E-state index contributed by atoms with van der Waals surface area (Å²) in [6, 6.07) is 0. The fourth-order valence-corrected chi connectivity index (χ4v) is 7.17. The molecule has 0 bridgehead atoms. The zero-order chi connectivity index (χ0) is 28.2. The lowest BCUT2D eigenvalue weighted by Gasteiger charge is -2.56. The van der Waals surface area contributed by atoms with Gasteiger partial charge in [-0.05, 0) is 30.8 Å². The molecule has 3 N–H and O–H groups in total. The third-order valence-corrected chi connectivity index (χ3v) is 8.94. The number of hydrogen-bond donors (Lipinski definition) is 3. The van der Waals surface area contributed by atoms with Gasteiger partial charge in [0.25, 0.3) is 0 Å². The van der Waals surface area contributed by atoms with Crippen LogP contribution in [0.15, 0.2) is 22.9 Å². The topological polar surface area (TPSA) is 160 Å². The van der Waals surface area contributed by atoms with E-state index in [1.54, 1.807) is 14.0 Å². The molecule has 8 atom stereocenters. The molecule has 0 amide bonds. The minimum absolute atomic E-state index is 0.0390. The monoisotopic (exact) mass is 535 g/mol. The summed E-state index contributed by atoms with van der Waals surface area (Å²) < 4.78 is 17.0. The Morgan fingerprint density at radius 3 is 2.55 bits per heavy atom. The van der Waals surface area contributed by atoms with E-state index in [0.29, 0.717) is 18.4 Å². The fourth-order valence-electron chi connectivity index (χ4n) is 7.17. The number of fused-ring (bicyclic) bond motifs is 4. The van der Waals surface area contributed by atoms with E-state index in [1.807, 2.05) is 6.92 Å². The first-order chi connectivity index (χ1) is 17.8. The second-order valence-electron chi connectivity index (χ2n) is 11.4. The molecule has 38 heavy (non-hydrogen) atoms. The summed E-state index contributed by atoms with van der Waals surface area (Å²) in [7, 11) is 2.99. The number of carbonyl (C=O) groups excluding carboxylic acids is 4. The number of aliphatic hydroxyl groups excluding tert-OH is 3. The van der Waals surface area contributed by atoms with Crippen LogP contribution in [-0.2, 0) is 33.4 Å². The van der Waals surface area contributed by atoms with Gasteiger partial charge in [-0.15, -0.1) is 0 Å². The van der Waals surface area contributed by atoms with E-state index in [-0.39, 0.29) is 30.7 Å². The molecular formula is C27H37NO10. The molecule has 1 aliphatic heterocycles. The van der Waals surface area contributed by atoms with Gasteiger partial charge in [-0.25, -0.2) is 4.79 Å². The van der Waals surface area contributed by atoms with Crippen LogP contribution < -0.4 is 0 Å². The van der Waals surface area contributed by atoms with Gasteiger partial charge in [0.05, 0.1) is 36.9 Å². The van der Waals surface area contributed by atoms with Crippen molar-refractivity contribution in [2.45, 2.75) is 64.4 Å². The van der Waals surface area contributed by atoms with E-state index in [9.17, 15) is 34.5 Å². The largest absolute Gasteiger partial charge is 0.458 e. The van der Waals surface area contributed by atoms with Crippen LogP contribution in [0.3, 0.4) is 0 Å². The predicted molar refractivity (Wildman–Crippen MR) is 131 cm³/mol. The van der Waals surface area contributed by atoms with Gasteiger partial charge in [-0.1, -0.05) is 13.8 Å². The van der Waals surface area contributed by atoms with E-state index < -0.39 is 77.2 Å². The van der Waals surface area contributed by atoms with E-state index in [1.165, 1.54) is 25.1 Å². The predicted octanol–water partition coefficient (Wildman–Crippen LogP) is -0.0894. The summed E-state index contributed by atoms with van der Waals surface area (Å²) >= 11 is 0. The number of rotatable bonds is 7. The number of hydrogen-bond acceptors (Lipinski definition) is 11. The van der Waals surface area contributed by atoms with Crippen LogP contribution in [-0.4, -0.2) is 102 Å². The molecule has 2 fully saturated rings. The Hall–Kier alpha value is -2.60. The first-order valence-electron chi connectivity index (χ1n) is 12.9. The van der Waals surface area contributed by atoms with Crippen LogP contribution in [0.1, 0.15) is 40.0 Å². The minimum atomic E-state index is -1.29. The molecule has 0 radical (unpaired) electrons. The molecule has 11 nitrogen and oxygen atoms in total. The number of carbonyl (C=O) groups is 4. The van der Waals surface area contributed by atoms with Crippen molar-refractivity contribution in [3.05, 3.63) is 22.9 Å². The Bertz CT molecular complexity index is 1100. The van der Waals surface area contributed by atoms with Gasteiger partial charge in [-0.2, -0.15) is 0 Å². The molecule has 11 heteroatoms. The van der Waals surface area contributed by atoms with Crippen molar-refractivity contribution >= 4 is 23.5 Å². The average Bonchev–Trinajstić information content (AvgIpc) is 3.13. The second kappa shape index (κ2) is 10.2. The van der Waals surface area contributed by atoms with Crippen molar-refractivity contribution < 1.29 is 48.7 Å². The van der Waals surface area contributed by atoms with Crippen LogP contribution >= 0.6 is 0 Å². The van der Waals surface area contributed by atoms with Crippen molar-refractivity contribution in [2.75, 3.05) is 33.9 Å². The van der Waals surface area contributed by atoms with Crippen molar-refractivity contribution in [1.29, 1.82) is 0 Å². The first kappa shape index (κ1) is 28.4. The van der Waals surface area contributed by atoms with Gasteiger partial charge in [0, 0.05) is 50.2 Å². The molecule has 1 saturated heterocycles. The highest BCUT2D eigenvalue weighted by Gasteiger charge is 2.67. The van der Waals surface area contributed by atoms with Crippen LogP contribution in [0, 0.1) is 22.7 Å². The highest BCUT2D eigenvalue weighted by atomic mass is 16.6. The summed E-state index contributed by atoms with van der Waals surface area (Å²) in [5.41, 5.74) is -1.45. The number of aliphatic hydroxyl groups is 3. The SMILES string of the molecule is COCC1OC(=O)C(=CN(C)CC(O)CO)C2C(=O)C(=O)C3=C(C(OC(C)=O)CC4(C)C(O)CCC34)C12C. The zero-order valence-corrected chi connectivity index (χ0v) is 22.4. The van der Waals surface area contributed by atoms with E-state index in [2.05, 4.69) is 0 Å². The maximum Gasteiger partial charge on any atom is 0.336 e. The summed E-state index contributed by atoms with van der Waals surface area (Å²) in [5, 5.41) is 30.0.